The lowest BCUT2D eigenvalue weighted by atomic mass is 9.64. The smallest absolute Gasteiger partial charge is 0.186 e. The van der Waals surface area contributed by atoms with Crippen molar-refractivity contribution in [2.75, 3.05) is 12.0 Å². The Kier molecular flexibility index (Phi) is 5.93. The van der Waals surface area contributed by atoms with Crippen molar-refractivity contribution in [2.45, 2.75) is 18.0 Å². The van der Waals surface area contributed by atoms with E-state index in [-0.39, 0.29) is 17.3 Å². The van der Waals surface area contributed by atoms with E-state index in [9.17, 15) is 14.4 Å². The molecule has 0 bridgehead atoms. The molecular formula is C34H23Cl2NO4. The average molecular weight is 580 g/mol. The van der Waals surface area contributed by atoms with Gasteiger partial charge in [-0.05, 0) is 47.5 Å². The zero-order valence-corrected chi connectivity index (χ0v) is 23.4. The van der Waals surface area contributed by atoms with E-state index in [0.29, 0.717) is 43.7 Å². The summed E-state index contributed by atoms with van der Waals surface area (Å²) in [5.74, 6) is -1.22. The molecule has 0 aromatic heterocycles. The molecule has 2 heterocycles. The summed E-state index contributed by atoms with van der Waals surface area (Å²) in [6.45, 7) is 0. The minimum Gasteiger partial charge on any atom is -0.497 e. The molecule has 1 aliphatic carbocycles. The van der Waals surface area contributed by atoms with E-state index in [0.717, 1.165) is 5.56 Å². The van der Waals surface area contributed by atoms with Gasteiger partial charge in [0.25, 0.3) is 0 Å². The fraction of sp³-hybridized carbons (Fsp3) is 0.147. The normalized spacial score (nSPS) is 21.5. The molecule has 1 unspecified atom stereocenters. The topological polar surface area (TPSA) is 63.7 Å². The fourth-order valence-electron chi connectivity index (χ4n) is 6.97. The molecular weight excluding hydrogens is 557 g/mol. The molecule has 0 amide bonds. The first-order chi connectivity index (χ1) is 19.9. The molecule has 3 atom stereocenters. The van der Waals surface area contributed by atoms with E-state index in [1.165, 1.54) is 0 Å². The molecule has 7 heteroatoms. The van der Waals surface area contributed by atoms with E-state index < -0.39 is 23.4 Å². The number of benzene rings is 4. The molecule has 1 fully saturated rings. The molecule has 4 aromatic carbocycles. The highest BCUT2D eigenvalue weighted by Gasteiger charge is 2.71. The van der Waals surface area contributed by atoms with Gasteiger partial charge in [-0.2, -0.15) is 0 Å². The Bertz CT molecular complexity index is 1780. The van der Waals surface area contributed by atoms with E-state index >= 15 is 0 Å². The number of anilines is 1. The van der Waals surface area contributed by atoms with Crippen LogP contribution in [0.15, 0.2) is 97.1 Å². The molecule has 0 radical (unpaired) electrons. The van der Waals surface area contributed by atoms with Gasteiger partial charge >= 0.3 is 0 Å². The third-order valence-electron chi connectivity index (χ3n) is 8.63. The number of carbonyl (C=O) groups excluding carboxylic acids is 3. The molecule has 202 valence electrons. The summed E-state index contributed by atoms with van der Waals surface area (Å²) in [5.41, 5.74) is 1.59. The summed E-state index contributed by atoms with van der Waals surface area (Å²) in [6.07, 6.45) is 3.75. The van der Waals surface area contributed by atoms with Gasteiger partial charge in [0.15, 0.2) is 17.3 Å². The Labute approximate surface area is 247 Å². The number of Topliss-reactive ketones (excluding diaryl/α,β-unsaturated/α-hetero) is 3. The largest absolute Gasteiger partial charge is 0.497 e. The van der Waals surface area contributed by atoms with Crippen LogP contribution >= 0.6 is 23.2 Å². The highest BCUT2D eigenvalue weighted by molar-refractivity contribution is 6.34. The Morgan fingerprint density at radius 1 is 0.854 bits per heavy atom. The number of rotatable bonds is 4. The first kappa shape index (κ1) is 25.8. The van der Waals surface area contributed by atoms with Crippen LogP contribution in [0.25, 0.3) is 6.08 Å². The van der Waals surface area contributed by atoms with Crippen molar-refractivity contribution < 1.29 is 19.1 Å². The van der Waals surface area contributed by atoms with Gasteiger partial charge in [-0.1, -0.05) is 90.0 Å². The number of ether oxygens (including phenoxy) is 1. The summed E-state index contributed by atoms with van der Waals surface area (Å²) in [4.78, 5) is 46.0. The van der Waals surface area contributed by atoms with Gasteiger partial charge in [0.1, 0.15) is 17.2 Å². The van der Waals surface area contributed by atoms with Crippen molar-refractivity contribution in [1.82, 2.24) is 0 Å². The summed E-state index contributed by atoms with van der Waals surface area (Å²) < 4.78 is 5.42. The van der Waals surface area contributed by atoms with Crippen LogP contribution in [0.3, 0.4) is 0 Å². The van der Waals surface area contributed by atoms with Crippen molar-refractivity contribution in [2.24, 2.45) is 5.41 Å². The highest BCUT2D eigenvalue weighted by atomic mass is 35.5. The maximum Gasteiger partial charge on any atom is 0.186 e. The second-order valence-corrected chi connectivity index (χ2v) is 11.4. The van der Waals surface area contributed by atoms with Gasteiger partial charge in [0.05, 0.1) is 13.2 Å². The number of methoxy groups -OCH3 is 1. The van der Waals surface area contributed by atoms with Crippen molar-refractivity contribution in [3.63, 3.8) is 0 Å². The van der Waals surface area contributed by atoms with Crippen LogP contribution < -0.4 is 9.64 Å². The van der Waals surface area contributed by atoms with Gasteiger partial charge < -0.3 is 9.64 Å². The second-order valence-electron chi connectivity index (χ2n) is 10.5. The summed E-state index contributed by atoms with van der Waals surface area (Å²) in [7, 11) is 1.54. The van der Waals surface area contributed by atoms with Crippen LogP contribution in [0, 0.1) is 5.41 Å². The number of ketones is 3. The molecule has 41 heavy (non-hydrogen) atoms. The molecule has 1 saturated heterocycles. The Morgan fingerprint density at radius 2 is 1.56 bits per heavy atom. The summed E-state index contributed by atoms with van der Waals surface area (Å²) >= 11 is 13.2. The van der Waals surface area contributed by atoms with Gasteiger partial charge in [0, 0.05) is 38.3 Å². The molecule has 0 N–H and O–H groups in total. The Morgan fingerprint density at radius 3 is 2.27 bits per heavy atom. The first-order valence-corrected chi connectivity index (χ1v) is 14.0. The lowest BCUT2D eigenvalue weighted by molar-refractivity contribution is 0.0666. The number of nitrogens with zero attached hydrogens (tertiary/aromatic N) is 1. The molecule has 3 aliphatic rings. The van der Waals surface area contributed by atoms with Crippen molar-refractivity contribution in [3.8, 4) is 5.75 Å². The van der Waals surface area contributed by atoms with Crippen LogP contribution in [0.1, 0.15) is 48.1 Å². The Hall–Kier alpha value is -4.19. The fourth-order valence-corrected chi connectivity index (χ4v) is 7.40. The van der Waals surface area contributed by atoms with Gasteiger partial charge in [-0.15, -0.1) is 0 Å². The highest BCUT2D eigenvalue weighted by Crippen LogP contribution is 2.61. The zero-order valence-electron chi connectivity index (χ0n) is 21.9. The minimum atomic E-state index is -1.62. The maximum atomic E-state index is 14.8. The van der Waals surface area contributed by atoms with Gasteiger partial charge in [-0.25, -0.2) is 0 Å². The quantitative estimate of drug-likeness (QED) is 0.187. The minimum absolute atomic E-state index is 0.247. The van der Waals surface area contributed by atoms with Crippen LogP contribution in [0.4, 0.5) is 5.69 Å². The maximum absolute atomic E-state index is 14.8. The number of carbonyl (C=O) groups is 3. The first-order valence-electron chi connectivity index (χ1n) is 13.3. The number of hydrogen-bond acceptors (Lipinski definition) is 5. The molecule has 5 nitrogen and oxygen atoms in total. The lowest BCUT2D eigenvalue weighted by Crippen LogP contribution is -2.48. The standard InChI is InChI=1S/C34H23Cl2NO4/c1-41-22-8-6-7-20(18-22)31(38)30-29(25-11-4-5-12-26(25)36)34(32(39)23-9-2-3-10-24(23)33(34)40)28-16-13-19-17-21(35)14-15-27(19)37(28)30/h2-18,28-30H,1H3/t28?,29-,30+/m1/s1. The monoisotopic (exact) mass is 579 g/mol. The number of halogens is 2. The number of hydrogen-bond donors (Lipinski definition) is 0. The van der Waals surface area contributed by atoms with E-state index in [1.807, 2.05) is 41.3 Å². The van der Waals surface area contributed by atoms with Crippen molar-refractivity contribution in [3.05, 3.63) is 135 Å². The summed E-state index contributed by atoms with van der Waals surface area (Å²) in [5, 5.41) is 0.927. The Balaban J connectivity index is 1.56. The predicted octanol–water partition coefficient (Wildman–Crippen LogP) is 7.32. The number of fused-ring (bicyclic) bond motifs is 5. The van der Waals surface area contributed by atoms with Gasteiger partial charge in [0.2, 0.25) is 0 Å². The SMILES string of the molecule is COc1cccc(C(=O)[C@@H]2[C@@H](c3ccccc3Cl)C3(C(=O)c4ccccc4C3=O)C3C=Cc4cc(Cl)ccc4N32)c1. The average Bonchev–Trinajstić information content (AvgIpc) is 3.43. The zero-order chi connectivity index (χ0) is 28.5. The van der Waals surface area contributed by atoms with E-state index in [2.05, 4.69) is 0 Å². The second kappa shape index (κ2) is 9.44. The molecule has 4 aromatic rings. The van der Waals surface area contributed by atoms with Crippen molar-refractivity contribution >= 4 is 52.3 Å². The molecule has 0 saturated carbocycles. The van der Waals surface area contributed by atoms with Crippen LogP contribution in [-0.4, -0.2) is 36.5 Å². The molecule has 2 aliphatic heterocycles. The third kappa shape index (κ3) is 3.52. The lowest BCUT2D eigenvalue weighted by Gasteiger charge is -2.37. The van der Waals surface area contributed by atoms with E-state index in [1.54, 1.807) is 73.8 Å². The van der Waals surface area contributed by atoms with Crippen LogP contribution in [-0.2, 0) is 0 Å². The van der Waals surface area contributed by atoms with Crippen LogP contribution in [0.2, 0.25) is 10.0 Å². The van der Waals surface area contributed by atoms with E-state index in [4.69, 9.17) is 27.9 Å². The van der Waals surface area contributed by atoms with Crippen LogP contribution in [0.5, 0.6) is 5.75 Å². The summed E-state index contributed by atoms with van der Waals surface area (Å²) in [6, 6.07) is 24.7. The third-order valence-corrected chi connectivity index (χ3v) is 9.21. The predicted molar refractivity (Wildman–Crippen MR) is 160 cm³/mol. The van der Waals surface area contributed by atoms with Gasteiger partial charge in [-0.3, -0.25) is 14.4 Å². The van der Waals surface area contributed by atoms with Crippen molar-refractivity contribution in [1.29, 1.82) is 0 Å². The molecule has 7 rings (SSSR count). The molecule has 1 spiro atoms.